The minimum absolute atomic E-state index is 0. The van der Waals surface area contributed by atoms with Crippen LogP contribution >= 0.6 is 23.7 Å². The molecular formula is C12H14ClN3OS. The topological polar surface area (TPSA) is 68.0 Å². The molecule has 4 nitrogen and oxygen atoms in total. The van der Waals surface area contributed by atoms with Gasteiger partial charge in [-0.1, -0.05) is 0 Å². The zero-order valence-corrected chi connectivity index (χ0v) is 11.3. The van der Waals surface area contributed by atoms with Crippen LogP contribution in [0, 0.1) is 0 Å². The number of thiazole rings is 1. The van der Waals surface area contributed by atoms with Crippen LogP contribution in [0.15, 0.2) is 18.2 Å². The second-order valence-electron chi connectivity index (χ2n) is 4.26. The summed E-state index contributed by atoms with van der Waals surface area (Å²) >= 11 is 1.72. The Morgan fingerprint density at radius 1 is 1.50 bits per heavy atom. The summed E-state index contributed by atoms with van der Waals surface area (Å²) in [5.74, 6) is 0.505. The van der Waals surface area contributed by atoms with Gasteiger partial charge in [-0.2, -0.15) is 0 Å². The second-order valence-corrected chi connectivity index (χ2v) is 5.32. The smallest absolute Gasteiger partial charge is 0.238 e. The van der Waals surface area contributed by atoms with Crippen molar-refractivity contribution in [3.8, 4) is 0 Å². The van der Waals surface area contributed by atoms with Crippen LogP contribution in [-0.4, -0.2) is 17.4 Å². The number of benzene rings is 1. The van der Waals surface area contributed by atoms with E-state index < -0.39 is 0 Å². The van der Waals surface area contributed by atoms with E-state index in [0.717, 1.165) is 15.9 Å². The van der Waals surface area contributed by atoms with E-state index >= 15 is 0 Å². The predicted molar refractivity (Wildman–Crippen MR) is 76.5 cm³/mol. The van der Waals surface area contributed by atoms with E-state index in [0.29, 0.717) is 5.92 Å². The Morgan fingerprint density at radius 3 is 2.94 bits per heavy atom. The van der Waals surface area contributed by atoms with Gasteiger partial charge in [-0.05, 0) is 31.0 Å². The average Bonchev–Trinajstić information content (AvgIpc) is 3.09. The number of halogens is 1. The van der Waals surface area contributed by atoms with E-state index in [1.165, 1.54) is 17.8 Å². The maximum Gasteiger partial charge on any atom is 0.238 e. The molecule has 0 atom stereocenters. The summed E-state index contributed by atoms with van der Waals surface area (Å²) in [6, 6.07) is 5.78. The van der Waals surface area contributed by atoms with Crippen molar-refractivity contribution in [3.05, 3.63) is 23.2 Å². The SMILES string of the molecule is Cl.NCC(=O)Nc1ccc2nc(C3CC3)sc2c1. The molecule has 6 heteroatoms. The molecular weight excluding hydrogens is 270 g/mol. The molecule has 1 saturated carbocycles. The molecule has 1 fully saturated rings. The number of aromatic nitrogens is 1. The van der Waals surface area contributed by atoms with Gasteiger partial charge in [0.2, 0.25) is 5.91 Å². The Hall–Kier alpha value is -1.17. The van der Waals surface area contributed by atoms with Gasteiger partial charge >= 0.3 is 0 Å². The molecule has 3 rings (SSSR count). The largest absolute Gasteiger partial charge is 0.325 e. The van der Waals surface area contributed by atoms with Gasteiger partial charge in [-0.25, -0.2) is 4.98 Å². The van der Waals surface area contributed by atoms with E-state index in [9.17, 15) is 4.79 Å². The highest BCUT2D eigenvalue weighted by molar-refractivity contribution is 7.18. The van der Waals surface area contributed by atoms with Crippen molar-refractivity contribution in [2.75, 3.05) is 11.9 Å². The van der Waals surface area contributed by atoms with Crippen molar-refractivity contribution < 1.29 is 4.79 Å². The van der Waals surface area contributed by atoms with Gasteiger partial charge < -0.3 is 11.1 Å². The first-order chi connectivity index (χ1) is 8.26. The lowest BCUT2D eigenvalue weighted by Crippen LogP contribution is -2.21. The van der Waals surface area contributed by atoms with Crippen molar-refractivity contribution in [1.82, 2.24) is 4.98 Å². The number of carbonyl (C=O) groups excluding carboxylic acids is 1. The highest BCUT2D eigenvalue weighted by atomic mass is 35.5. The van der Waals surface area contributed by atoms with Crippen molar-refractivity contribution in [2.45, 2.75) is 18.8 Å². The van der Waals surface area contributed by atoms with Crippen LogP contribution in [0.25, 0.3) is 10.2 Å². The third kappa shape index (κ3) is 2.63. The van der Waals surface area contributed by atoms with Gasteiger partial charge in [0.15, 0.2) is 0 Å². The molecule has 1 aromatic carbocycles. The van der Waals surface area contributed by atoms with Crippen LogP contribution in [0.3, 0.4) is 0 Å². The molecule has 0 aliphatic heterocycles. The fraction of sp³-hybridized carbons (Fsp3) is 0.333. The van der Waals surface area contributed by atoms with Crippen molar-refractivity contribution >= 4 is 45.6 Å². The molecule has 2 aromatic rings. The number of nitrogens with two attached hydrogens (primary N) is 1. The third-order valence-electron chi connectivity index (χ3n) is 2.80. The normalized spacial score (nSPS) is 14.3. The number of fused-ring (bicyclic) bond motifs is 1. The zero-order valence-electron chi connectivity index (χ0n) is 9.68. The summed E-state index contributed by atoms with van der Waals surface area (Å²) in [6.07, 6.45) is 2.52. The van der Waals surface area contributed by atoms with E-state index in [-0.39, 0.29) is 24.9 Å². The molecule has 1 aliphatic rings. The first-order valence-corrected chi connectivity index (χ1v) is 6.48. The van der Waals surface area contributed by atoms with Crippen LogP contribution < -0.4 is 11.1 Å². The Labute approximate surface area is 115 Å². The molecule has 3 N–H and O–H groups in total. The molecule has 0 bridgehead atoms. The van der Waals surface area contributed by atoms with Crippen molar-refractivity contribution in [2.24, 2.45) is 5.73 Å². The second kappa shape index (κ2) is 5.22. The number of hydrogen-bond donors (Lipinski definition) is 2. The fourth-order valence-corrected chi connectivity index (χ4v) is 2.91. The lowest BCUT2D eigenvalue weighted by atomic mass is 10.3. The van der Waals surface area contributed by atoms with E-state index in [1.54, 1.807) is 11.3 Å². The minimum Gasteiger partial charge on any atom is -0.325 e. The van der Waals surface area contributed by atoms with E-state index in [4.69, 9.17) is 5.73 Å². The molecule has 1 heterocycles. The summed E-state index contributed by atoms with van der Waals surface area (Å²) in [5.41, 5.74) is 7.07. The van der Waals surface area contributed by atoms with Crippen LogP contribution in [0.2, 0.25) is 0 Å². The highest BCUT2D eigenvalue weighted by Gasteiger charge is 2.26. The number of carbonyl (C=O) groups is 1. The maximum absolute atomic E-state index is 11.2. The zero-order chi connectivity index (χ0) is 11.8. The third-order valence-corrected chi connectivity index (χ3v) is 3.98. The summed E-state index contributed by atoms with van der Waals surface area (Å²) in [6.45, 7) is 0.00799. The lowest BCUT2D eigenvalue weighted by Gasteiger charge is -2.02. The number of rotatable bonds is 3. The highest BCUT2D eigenvalue weighted by Crippen LogP contribution is 2.43. The summed E-state index contributed by atoms with van der Waals surface area (Å²) in [5, 5.41) is 3.98. The van der Waals surface area contributed by atoms with Crippen LogP contribution in [0.5, 0.6) is 0 Å². The monoisotopic (exact) mass is 283 g/mol. The molecule has 1 aromatic heterocycles. The van der Waals surface area contributed by atoms with E-state index in [2.05, 4.69) is 10.3 Å². The van der Waals surface area contributed by atoms with Crippen molar-refractivity contribution in [1.29, 1.82) is 0 Å². The maximum atomic E-state index is 11.2. The lowest BCUT2D eigenvalue weighted by molar-refractivity contribution is -0.114. The summed E-state index contributed by atoms with van der Waals surface area (Å²) < 4.78 is 1.13. The molecule has 0 spiro atoms. The number of anilines is 1. The Balaban J connectivity index is 0.00000120. The van der Waals surface area contributed by atoms with Crippen LogP contribution in [0.4, 0.5) is 5.69 Å². The number of hydrogen-bond acceptors (Lipinski definition) is 4. The predicted octanol–water partition coefficient (Wildman–Crippen LogP) is 2.49. The van der Waals surface area contributed by atoms with Gasteiger partial charge in [0, 0.05) is 11.6 Å². The quantitative estimate of drug-likeness (QED) is 0.909. The fourth-order valence-electron chi connectivity index (χ4n) is 1.74. The Bertz CT molecular complexity index is 580. The number of nitrogens with zero attached hydrogens (tertiary/aromatic N) is 1. The van der Waals surface area contributed by atoms with Gasteiger partial charge in [-0.15, -0.1) is 23.7 Å². The van der Waals surface area contributed by atoms with Gasteiger partial charge in [0.1, 0.15) is 0 Å². The molecule has 0 unspecified atom stereocenters. The van der Waals surface area contributed by atoms with Crippen LogP contribution in [-0.2, 0) is 4.79 Å². The van der Waals surface area contributed by atoms with Crippen molar-refractivity contribution in [3.63, 3.8) is 0 Å². The first-order valence-electron chi connectivity index (χ1n) is 5.66. The Kier molecular flexibility index (Phi) is 3.85. The standard InChI is InChI=1S/C12H13N3OS.ClH/c13-6-11(16)14-8-3-4-9-10(5-8)17-12(15-9)7-1-2-7;/h3-5,7H,1-2,6,13H2,(H,14,16);1H. The average molecular weight is 284 g/mol. The van der Waals surface area contributed by atoms with E-state index in [1.807, 2.05) is 18.2 Å². The first kappa shape index (κ1) is 13.3. The van der Waals surface area contributed by atoms with Gasteiger partial charge in [0.25, 0.3) is 0 Å². The molecule has 96 valence electrons. The summed E-state index contributed by atoms with van der Waals surface area (Å²) in [4.78, 5) is 15.8. The van der Waals surface area contributed by atoms with Gasteiger partial charge in [-0.3, -0.25) is 4.79 Å². The molecule has 18 heavy (non-hydrogen) atoms. The minimum atomic E-state index is -0.170. The van der Waals surface area contributed by atoms with Crippen LogP contribution in [0.1, 0.15) is 23.8 Å². The van der Waals surface area contributed by atoms with Gasteiger partial charge in [0.05, 0.1) is 21.8 Å². The number of nitrogens with one attached hydrogen (secondary N) is 1. The molecule has 1 aliphatic carbocycles. The molecule has 1 amide bonds. The Morgan fingerprint density at radius 2 is 2.28 bits per heavy atom. The number of amides is 1. The summed E-state index contributed by atoms with van der Waals surface area (Å²) in [7, 11) is 0. The molecule has 0 saturated heterocycles. The molecule has 0 radical (unpaired) electrons.